The topological polar surface area (TPSA) is 44.8 Å². The molecule has 1 aliphatic carbocycles. The zero-order valence-corrected chi connectivity index (χ0v) is 6.56. The number of rotatable bonds is 0. The van der Waals surface area contributed by atoms with Gasteiger partial charge in [-0.3, -0.25) is 0 Å². The van der Waals surface area contributed by atoms with Gasteiger partial charge in [0, 0.05) is 19.3 Å². The molecule has 0 aromatic carbocycles. The molecule has 1 saturated carbocycles. The molecule has 0 radical (unpaired) electrons. The minimum absolute atomic E-state index is 0.0359. The lowest BCUT2D eigenvalue weighted by Gasteiger charge is -2.35. The van der Waals surface area contributed by atoms with Gasteiger partial charge in [-0.2, -0.15) is 0 Å². The van der Waals surface area contributed by atoms with Crippen LogP contribution in [0.4, 0.5) is 0 Å². The summed E-state index contributed by atoms with van der Waals surface area (Å²) in [5.74, 6) is -0.343. The van der Waals surface area contributed by atoms with Gasteiger partial charge in [0.15, 0.2) is 0 Å². The largest absolute Gasteiger partial charge is 0.458 e. The molecular weight excluding hydrogens is 160 g/mol. The fourth-order valence-corrected chi connectivity index (χ4v) is 2.20. The third-order valence-corrected chi connectivity index (χ3v) is 2.68. The summed E-state index contributed by atoms with van der Waals surface area (Å²) in [4.78, 5) is 11.2. The van der Waals surface area contributed by atoms with E-state index < -0.39 is 6.29 Å². The van der Waals surface area contributed by atoms with E-state index in [0.29, 0.717) is 0 Å². The van der Waals surface area contributed by atoms with Crippen LogP contribution in [0, 0.1) is 0 Å². The summed E-state index contributed by atoms with van der Waals surface area (Å²) >= 11 is 0. The first-order valence-corrected chi connectivity index (χ1v) is 4.32. The van der Waals surface area contributed by atoms with Crippen LogP contribution in [-0.2, 0) is 19.0 Å². The number of esters is 1. The minimum atomic E-state index is -0.735. The lowest BCUT2D eigenvalue weighted by molar-refractivity contribution is -0.239. The van der Waals surface area contributed by atoms with E-state index in [1.165, 1.54) is 0 Å². The van der Waals surface area contributed by atoms with Crippen molar-refractivity contribution in [3.8, 4) is 0 Å². The first-order chi connectivity index (χ1) is 5.81. The Morgan fingerprint density at radius 3 is 2.25 bits per heavy atom. The molecule has 12 heavy (non-hydrogen) atoms. The molecule has 0 aromatic heterocycles. The number of carbonyl (C=O) groups excluding carboxylic acids is 1. The van der Waals surface area contributed by atoms with Gasteiger partial charge in [-0.05, 0) is 0 Å². The van der Waals surface area contributed by atoms with Crippen molar-refractivity contribution < 1.29 is 19.0 Å². The molecule has 4 bridgehead atoms. The summed E-state index contributed by atoms with van der Waals surface area (Å²) in [6.45, 7) is 0. The Morgan fingerprint density at radius 1 is 1.00 bits per heavy atom. The highest BCUT2D eigenvalue weighted by Crippen LogP contribution is 2.35. The average Bonchev–Trinajstić information content (AvgIpc) is 2.16. The Morgan fingerprint density at radius 2 is 1.58 bits per heavy atom. The molecule has 0 aromatic rings. The van der Waals surface area contributed by atoms with Crippen molar-refractivity contribution in [1.29, 1.82) is 0 Å². The molecule has 4 heteroatoms. The molecule has 2 atom stereocenters. The van der Waals surface area contributed by atoms with Crippen LogP contribution in [0.1, 0.15) is 19.3 Å². The summed E-state index contributed by atoms with van der Waals surface area (Å²) in [6.07, 6.45) is 2.28. The third kappa shape index (κ3) is 0.881. The van der Waals surface area contributed by atoms with E-state index in [2.05, 4.69) is 0 Å². The second-order valence-corrected chi connectivity index (χ2v) is 3.61. The van der Waals surface area contributed by atoms with Crippen LogP contribution in [0.3, 0.4) is 0 Å². The van der Waals surface area contributed by atoms with Gasteiger partial charge in [0.2, 0.25) is 0 Å². The fraction of sp³-hybridized carbons (Fsp3) is 0.875. The summed E-state index contributed by atoms with van der Waals surface area (Å²) in [5, 5.41) is 0. The monoisotopic (exact) mass is 170 g/mol. The highest BCUT2D eigenvalue weighted by Gasteiger charge is 2.46. The van der Waals surface area contributed by atoms with E-state index in [1.54, 1.807) is 0 Å². The van der Waals surface area contributed by atoms with Crippen LogP contribution in [0.25, 0.3) is 0 Å². The van der Waals surface area contributed by atoms with E-state index >= 15 is 0 Å². The number of fused-ring (bicyclic) bond motifs is 1. The number of carbonyl (C=O) groups is 1. The maximum absolute atomic E-state index is 11.2. The quantitative estimate of drug-likeness (QED) is 0.487. The smallest absolute Gasteiger partial charge is 0.363 e. The van der Waals surface area contributed by atoms with Gasteiger partial charge < -0.3 is 14.2 Å². The van der Waals surface area contributed by atoms with Gasteiger partial charge in [-0.15, -0.1) is 0 Å². The van der Waals surface area contributed by atoms with E-state index in [9.17, 15) is 4.79 Å². The highest BCUT2D eigenvalue weighted by molar-refractivity contribution is 5.74. The Hall–Kier alpha value is -0.610. The number of hydrogen-bond acceptors (Lipinski definition) is 4. The number of hydrogen-bond donors (Lipinski definition) is 0. The fourth-order valence-electron chi connectivity index (χ4n) is 2.20. The van der Waals surface area contributed by atoms with Crippen molar-refractivity contribution in [3.63, 3.8) is 0 Å². The van der Waals surface area contributed by atoms with Crippen LogP contribution in [0.5, 0.6) is 0 Å². The summed E-state index contributed by atoms with van der Waals surface area (Å²) < 4.78 is 15.9. The maximum atomic E-state index is 11.2. The number of ether oxygens (including phenoxy) is 3. The van der Waals surface area contributed by atoms with Gasteiger partial charge in [0.05, 0.1) is 12.2 Å². The van der Waals surface area contributed by atoms with Gasteiger partial charge >= 0.3 is 5.97 Å². The highest BCUT2D eigenvalue weighted by atomic mass is 16.7. The van der Waals surface area contributed by atoms with Crippen molar-refractivity contribution in [3.05, 3.63) is 0 Å². The molecule has 4 rings (SSSR count). The Labute approximate surface area is 69.8 Å². The molecule has 4 fully saturated rings. The molecule has 0 amide bonds. The van der Waals surface area contributed by atoms with Crippen LogP contribution >= 0.6 is 0 Å². The van der Waals surface area contributed by atoms with Crippen LogP contribution in [0.2, 0.25) is 0 Å². The van der Waals surface area contributed by atoms with Gasteiger partial charge in [0.25, 0.3) is 6.29 Å². The zero-order valence-electron chi connectivity index (χ0n) is 6.56. The van der Waals surface area contributed by atoms with E-state index in [0.717, 1.165) is 19.3 Å². The van der Waals surface area contributed by atoms with E-state index in [4.69, 9.17) is 14.2 Å². The minimum Gasteiger partial charge on any atom is -0.458 e. The molecule has 0 N–H and O–H groups in total. The Kier molecular flexibility index (Phi) is 1.26. The van der Waals surface area contributed by atoms with Crippen molar-refractivity contribution in [2.24, 2.45) is 0 Å². The summed E-state index contributed by atoms with van der Waals surface area (Å²) in [5.41, 5.74) is 0. The standard InChI is InChI=1S/C8H10O4/c9-7-8-11-5-1-4(10-7)2-6(3-5)12-8/h4-6,8H,1-3H2. The molecule has 3 aliphatic heterocycles. The molecular formula is C8H10O4. The Balaban J connectivity index is 1.95. The molecule has 4 aliphatic rings. The first-order valence-electron chi connectivity index (χ1n) is 4.32. The Bertz CT molecular complexity index is 213. The molecule has 0 spiro atoms. The van der Waals surface area contributed by atoms with Gasteiger partial charge in [0.1, 0.15) is 6.10 Å². The van der Waals surface area contributed by atoms with Crippen LogP contribution in [0.15, 0.2) is 0 Å². The zero-order chi connectivity index (χ0) is 8.13. The van der Waals surface area contributed by atoms with Crippen LogP contribution in [-0.4, -0.2) is 30.6 Å². The summed E-state index contributed by atoms with van der Waals surface area (Å²) in [6, 6.07) is 0. The lowest BCUT2D eigenvalue weighted by atomic mass is 9.92. The van der Waals surface area contributed by atoms with Crippen molar-refractivity contribution in [2.45, 2.75) is 43.9 Å². The molecule has 4 nitrogen and oxygen atoms in total. The van der Waals surface area contributed by atoms with Gasteiger partial charge in [-0.1, -0.05) is 0 Å². The molecule has 66 valence electrons. The first kappa shape index (κ1) is 6.86. The normalized spacial score (nSPS) is 50.5. The predicted octanol–water partition coefficient (Wildman–Crippen LogP) is 0.206. The van der Waals surface area contributed by atoms with Crippen molar-refractivity contribution in [1.82, 2.24) is 0 Å². The van der Waals surface area contributed by atoms with Crippen molar-refractivity contribution in [2.75, 3.05) is 0 Å². The SMILES string of the molecule is O=C1OC2CC3CC(C2)OC1O3. The second kappa shape index (κ2) is 2.20. The second-order valence-electron chi connectivity index (χ2n) is 3.61. The van der Waals surface area contributed by atoms with Crippen LogP contribution < -0.4 is 0 Å². The molecule has 3 saturated heterocycles. The van der Waals surface area contributed by atoms with Crippen molar-refractivity contribution >= 4 is 5.97 Å². The maximum Gasteiger partial charge on any atom is 0.363 e. The predicted molar refractivity (Wildman–Crippen MR) is 37.3 cm³/mol. The lowest BCUT2D eigenvalue weighted by Crippen LogP contribution is -2.43. The summed E-state index contributed by atoms with van der Waals surface area (Å²) in [7, 11) is 0. The van der Waals surface area contributed by atoms with Gasteiger partial charge in [-0.25, -0.2) is 4.79 Å². The molecule has 3 heterocycles. The third-order valence-electron chi connectivity index (χ3n) is 2.68. The van der Waals surface area contributed by atoms with E-state index in [-0.39, 0.29) is 24.3 Å². The average molecular weight is 170 g/mol. The van der Waals surface area contributed by atoms with E-state index in [1.807, 2.05) is 0 Å². The molecule has 2 unspecified atom stereocenters.